The Morgan fingerprint density at radius 3 is 2.56 bits per heavy atom. The van der Waals surface area contributed by atoms with E-state index in [0.717, 1.165) is 36.7 Å². The number of piperazine rings is 1. The first-order valence-electron chi connectivity index (χ1n) is 8.68. The van der Waals surface area contributed by atoms with Crippen molar-refractivity contribution in [1.82, 2.24) is 15.0 Å². The second-order valence-electron chi connectivity index (χ2n) is 6.63. The van der Waals surface area contributed by atoms with E-state index in [1.165, 1.54) is 0 Å². The largest absolute Gasteiger partial charge is 0.361 e. The molecule has 3 rings (SSSR count). The molecule has 6 nitrogen and oxygen atoms in total. The normalized spacial score (nSPS) is 17.1. The summed E-state index contributed by atoms with van der Waals surface area (Å²) in [6.07, 6.45) is 0. The third kappa shape index (κ3) is 4.48. The molecule has 1 saturated heterocycles. The zero-order chi connectivity index (χ0) is 19.6. The summed E-state index contributed by atoms with van der Waals surface area (Å²) < 4.78 is 45.1. The van der Waals surface area contributed by atoms with Crippen LogP contribution in [0.3, 0.4) is 0 Å². The maximum atomic E-state index is 13.7. The van der Waals surface area contributed by atoms with Gasteiger partial charge in [-0.15, -0.1) is 0 Å². The molecule has 146 valence electrons. The second kappa shape index (κ2) is 8.10. The van der Waals surface area contributed by atoms with Gasteiger partial charge < -0.3 is 9.84 Å². The van der Waals surface area contributed by atoms with Crippen LogP contribution in [0, 0.1) is 24.4 Å². The number of hydrogen-bond acceptors (Lipinski definition) is 5. The molecule has 2 aromatic rings. The summed E-state index contributed by atoms with van der Waals surface area (Å²) in [5, 5.41) is 6.30. The van der Waals surface area contributed by atoms with E-state index in [1.54, 1.807) is 6.92 Å². The summed E-state index contributed by atoms with van der Waals surface area (Å²) in [5.74, 6) is -4.00. The van der Waals surface area contributed by atoms with Gasteiger partial charge in [0.2, 0.25) is 5.91 Å². The first-order valence-corrected chi connectivity index (χ1v) is 8.68. The fourth-order valence-corrected chi connectivity index (χ4v) is 3.06. The minimum absolute atomic E-state index is 0.370. The number of rotatable bonds is 5. The third-order valence-electron chi connectivity index (χ3n) is 4.69. The molecule has 1 aromatic heterocycles. The van der Waals surface area contributed by atoms with E-state index < -0.39 is 29.4 Å². The van der Waals surface area contributed by atoms with Crippen molar-refractivity contribution in [3.05, 3.63) is 47.1 Å². The number of anilines is 1. The predicted molar refractivity (Wildman–Crippen MR) is 92.5 cm³/mol. The van der Waals surface area contributed by atoms with Crippen LogP contribution in [0.4, 0.5) is 18.9 Å². The average Bonchev–Trinajstić information content (AvgIpc) is 3.07. The van der Waals surface area contributed by atoms with Gasteiger partial charge >= 0.3 is 0 Å². The Bertz CT molecular complexity index is 819. The number of hydrogen-bond donors (Lipinski definition) is 1. The number of aryl methyl sites for hydroxylation is 1. The highest BCUT2D eigenvalue weighted by atomic mass is 19.2. The number of nitrogens with one attached hydrogen (secondary N) is 1. The molecule has 1 aromatic carbocycles. The third-order valence-corrected chi connectivity index (χ3v) is 4.69. The zero-order valence-corrected chi connectivity index (χ0v) is 15.1. The van der Waals surface area contributed by atoms with Gasteiger partial charge in [0.15, 0.2) is 17.5 Å². The Labute approximate surface area is 154 Å². The van der Waals surface area contributed by atoms with Crippen LogP contribution in [0.15, 0.2) is 22.7 Å². The lowest BCUT2D eigenvalue weighted by molar-refractivity contribution is -0.121. The maximum Gasteiger partial charge on any atom is 0.241 e. The molecule has 9 heteroatoms. The standard InChI is InChI=1S/C18H21F3N4O2/c1-11-9-13(23-27-11)10-24-5-7-25(8-6-24)12(2)18(26)22-15-4-3-14(19)16(20)17(15)21/h3-4,9,12H,5-8,10H2,1-2H3,(H,22,26)/t12-/m0/s1. The summed E-state index contributed by atoms with van der Waals surface area (Å²) in [5.41, 5.74) is 0.492. The van der Waals surface area contributed by atoms with Gasteiger partial charge in [0, 0.05) is 38.8 Å². The molecular weight excluding hydrogens is 361 g/mol. The first-order chi connectivity index (χ1) is 12.8. The highest BCUT2D eigenvalue weighted by Crippen LogP contribution is 2.20. The Morgan fingerprint density at radius 1 is 1.22 bits per heavy atom. The molecule has 1 fully saturated rings. The minimum atomic E-state index is -1.60. The molecule has 0 spiro atoms. The number of carbonyl (C=O) groups is 1. The van der Waals surface area contributed by atoms with Gasteiger partial charge in [-0.2, -0.15) is 0 Å². The number of aromatic nitrogens is 1. The van der Waals surface area contributed by atoms with Crippen LogP contribution in [-0.4, -0.2) is 53.1 Å². The van der Waals surface area contributed by atoms with E-state index in [0.29, 0.717) is 19.6 Å². The molecule has 27 heavy (non-hydrogen) atoms. The quantitative estimate of drug-likeness (QED) is 0.806. The number of amides is 1. The van der Waals surface area contributed by atoms with Gasteiger partial charge in [-0.3, -0.25) is 14.6 Å². The summed E-state index contributed by atoms with van der Waals surface area (Å²) in [6, 6.07) is 3.15. The average molecular weight is 382 g/mol. The molecule has 0 unspecified atom stereocenters. The lowest BCUT2D eigenvalue weighted by atomic mass is 10.2. The van der Waals surface area contributed by atoms with Crippen LogP contribution in [0.5, 0.6) is 0 Å². The minimum Gasteiger partial charge on any atom is -0.361 e. The first kappa shape index (κ1) is 19.4. The van der Waals surface area contributed by atoms with Gasteiger partial charge in [-0.1, -0.05) is 5.16 Å². The monoisotopic (exact) mass is 382 g/mol. The van der Waals surface area contributed by atoms with E-state index in [-0.39, 0.29) is 5.69 Å². The Hall–Kier alpha value is -2.39. The van der Waals surface area contributed by atoms with E-state index >= 15 is 0 Å². The van der Waals surface area contributed by atoms with Crippen LogP contribution >= 0.6 is 0 Å². The topological polar surface area (TPSA) is 61.6 Å². The van der Waals surface area contributed by atoms with Crippen LogP contribution in [-0.2, 0) is 11.3 Å². The Morgan fingerprint density at radius 2 is 1.93 bits per heavy atom. The molecule has 2 heterocycles. The lowest BCUT2D eigenvalue weighted by Crippen LogP contribution is -2.52. The molecule has 0 saturated carbocycles. The van der Waals surface area contributed by atoms with Crippen LogP contribution in [0.2, 0.25) is 0 Å². The zero-order valence-electron chi connectivity index (χ0n) is 15.1. The van der Waals surface area contributed by atoms with Gasteiger partial charge in [-0.25, -0.2) is 13.2 Å². The molecule has 1 amide bonds. The van der Waals surface area contributed by atoms with Crippen molar-refractivity contribution in [3.63, 3.8) is 0 Å². The maximum absolute atomic E-state index is 13.7. The van der Waals surface area contributed by atoms with Gasteiger partial charge in [0.1, 0.15) is 5.76 Å². The van der Waals surface area contributed by atoms with Gasteiger partial charge in [0.05, 0.1) is 17.4 Å². The molecule has 1 aliphatic rings. The number of benzene rings is 1. The van der Waals surface area contributed by atoms with E-state index in [2.05, 4.69) is 15.4 Å². The van der Waals surface area contributed by atoms with E-state index in [4.69, 9.17) is 4.52 Å². The van der Waals surface area contributed by atoms with Crippen LogP contribution in [0.25, 0.3) is 0 Å². The van der Waals surface area contributed by atoms with Crippen LogP contribution in [0.1, 0.15) is 18.4 Å². The van der Waals surface area contributed by atoms with Gasteiger partial charge in [-0.05, 0) is 26.0 Å². The summed E-state index contributed by atoms with van der Waals surface area (Å²) in [7, 11) is 0. The fraction of sp³-hybridized carbons (Fsp3) is 0.444. The highest BCUT2D eigenvalue weighted by molar-refractivity contribution is 5.94. The fourth-order valence-electron chi connectivity index (χ4n) is 3.06. The van der Waals surface area contributed by atoms with Crippen molar-refractivity contribution >= 4 is 11.6 Å². The van der Waals surface area contributed by atoms with E-state index in [9.17, 15) is 18.0 Å². The lowest BCUT2D eigenvalue weighted by Gasteiger charge is -2.37. The summed E-state index contributed by atoms with van der Waals surface area (Å²) in [4.78, 5) is 16.5. The molecule has 0 aliphatic carbocycles. The Kier molecular flexibility index (Phi) is 5.81. The molecular formula is C18H21F3N4O2. The van der Waals surface area contributed by atoms with Crippen molar-refractivity contribution in [2.75, 3.05) is 31.5 Å². The summed E-state index contributed by atoms with van der Waals surface area (Å²) >= 11 is 0. The molecule has 1 N–H and O–H groups in total. The van der Waals surface area contributed by atoms with E-state index in [1.807, 2.05) is 17.9 Å². The van der Waals surface area contributed by atoms with Crippen molar-refractivity contribution in [1.29, 1.82) is 0 Å². The van der Waals surface area contributed by atoms with Gasteiger partial charge in [0.25, 0.3) is 0 Å². The summed E-state index contributed by atoms with van der Waals surface area (Å²) in [6.45, 7) is 6.98. The van der Waals surface area contributed by atoms with Crippen molar-refractivity contribution in [2.45, 2.75) is 26.4 Å². The highest BCUT2D eigenvalue weighted by Gasteiger charge is 2.27. The molecule has 0 bridgehead atoms. The molecule has 1 atom stereocenters. The SMILES string of the molecule is Cc1cc(CN2CCN([C@@H](C)C(=O)Nc3ccc(F)c(F)c3F)CC2)no1. The predicted octanol–water partition coefficient (Wildman–Crippen LogP) is 2.55. The molecule has 1 aliphatic heterocycles. The van der Waals surface area contributed by atoms with Crippen LogP contribution < -0.4 is 5.32 Å². The molecule has 0 radical (unpaired) electrons. The second-order valence-corrected chi connectivity index (χ2v) is 6.63. The Balaban J connectivity index is 1.53. The van der Waals surface area contributed by atoms with Crippen molar-refractivity contribution < 1.29 is 22.5 Å². The number of halogens is 3. The number of carbonyl (C=O) groups excluding carboxylic acids is 1. The van der Waals surface area contributed by atoms with Crippen molar-refractivity contribution in [2.24, 2.45) is 0 Å². The van der Waals surface area contributed by atoms with Crippen molar-refractivity contribution in [3.8, 4) is 0 Å². The number of nitrogens with zero attached hydrogens (tertiary/aromatic N) is 3. The smallest absolute Gasteiger partial charge is 0.241 e.